The van der Waals surface area contributed by atoms with Gasteiger partial charge in [0.25, 0.3) is 0 Å². The van der Waals surface area contributed by atoms with E-state index in [0.29, 0.717) is 34.6 Å². The Labute approximate surface area is 185 Å². The van der Waals surface area contributed by atoms with Crippen LogP contribution in [0.3, 0.4) is 0 Å². The van der Waals surface area contributed by atoms with E-state index in [1.807, 2.05) is 54.4 Å². The number of benzene rings is 2. The monoisotopic (exact) mass is 446 g/mol. The van der Waals surface area contributed by atoms with Gasteiger partial charge in [-0.3, -0.25) is 9.69 Å². The molecule has 0 aliphatic rings. The molecule has 30 heavy (non-hydrogen) atoms. The molecular formula is C21H23ClN4O3S. The first-order valence-corrected chi connectivity index (χ1v) is 10.1. The fourth-order valence-corrected chi connectivity index (χ4v) is 3.28. The normalized spacial score (nSPS) is 10.9. The summed E-state index contributed by atoms with van der Waals surface area (Å²) in [6.07, 6.45) is 0. The minimum Gasteiger partial charge on any atom is -0.484 e. The minimum absolute atomic E-state index is 0.120. The van der Waals surface area contributed by atoms with Gasteiger partial charge in [-0.05, 0) is 29.9 Å². The first-order valence-electron chi connectivity index (χ1n) is 9.31. The highest BCUT2D eigenvalue weighted by Gasteiger charge is 2.16. The first-order chi connectivity index (χ1) is 14.5. The molecule has 0 bridgehead atoms. The van der Waals surface area contributed by atoms with E-state index in [4.69, 9.17) is 33.3 Å². The van der Waals surface area contributed by atoms with Crippen molar-refractivity contribution in [1.29, 1.82) is 0 Å². The van der Waals surface area contributed by atoms with Crippen molar-refractivity contribution in [1.82, 2.24) is 19.2 Å². The third-order valence-electron chi connectivity index (χ3n) is 4.49. The van der Waals surface area contributed by atoms with E-state index in [1.54, 1.807) is 21.4 Å². The fourth-order valence-electron chi connectivity index (χ4n) is 2.89. The van der Waals surface area contributed by atoms with E-state index in [2.05, 4.69) is 5.10 Å². The molecule has 0 aliphatic heterocycles. The standard InChI is InChI=1S/C21H23ClN4O3S/c1-24-19(14-29-18-11-7-6-10-17(18)22)23-26(21(24)30)15-25(13-20(27)28-2)12-16-8-4-3-5-9-16/h3-11H,12-15H2,1-2H3. The van der Waals surface area contributed by atoms with Gasteiger partial charge >= 0.3 is 5.97 Å². The summed E-state index contributed by atoms with van der Waals surface area (Å²) in [5.74, 6) is 0.907. The van der Waals surface area contributed by atoms with Crippen LogP contribution in [0.4, 0.5) is 0 Å². The van der Waals surface area contributed by atoms with Crippen LogP contribution in [0.5, 0.6) is 5.75 Å². The Morgan fingerprint density at radius 2 is 1.87 bits per heavy atom. The number of hydrogen-bond donors (Lipinski definition) is 0. The first kappa shape index (κ1) is 22.0. The lowest BCUT2D eigenvalue weighted by atomic mass is 10.2. The number of nitrogens with zero attached hydrogens (tertiary/aromatic N) is 4. The molecule has 0 fully saturated rings. The number of rotatable bonds is 9. The SMILES string of the molecule is COC(=O)CN(Cc1ccccc1)Cn1nc(COc2ccccc2Cl)n(C)c1=S. The molecule has 0 amide bonds. The van der Waals surface area contributed by atoms with Gasteiger partial charge in [-0.1, -0.05) is 54.1 Å². The molecule has 0 saturated carbocycles. The maximum absolute atomic E-state index is 11.9. The second-order valence-corrected chi connectivity index (χ2v) is 7.44. The highest BCUT2D eigenvalue weighted by molar-refractivity contribution is 7.71. The number of carbonyl (C=O) groups excluding carboxylic acids is 1. The molecule has 0 spiro atoms. The van der Waals surface area contributed by atoms with Crippen molar-refractivity contribution < 1.29 is 14.3 Å². The summed E-state index contributed by atoms with van der Waals surface area (Å²) in [7, 11) is 3.21. The summed E-state index contributed by atoms with van der Waals surface area (Å²) in [6.45, 7) is 1.23. The third kappa shape index (κ3) is 5.69. The van der Waals surface area contributed by atoms with Gasteiger partial charge in [-0.15, -0.1) is 0 Å². The molecule has 3 rings (SSSR count). The van der Waals surface area contributed by atoms with Crippen molar-refractivity contribution in [3.05, 3.63) is 75.8 Å². The molecule has 0 N–H and O–H groups in total. The number of ether oxygens (including phenoxy) is 2. The quantitative estimate of drug-likeness (QED) is 0.368. The van der Waals surface area contributed by atoms with E-state index in [0.717, 1.165) is 5.56 Å². The second-order valence-electron chi connectivity index (χ2n) is 6.67. The predicted molar refractivity (Wildman–Crippen MR) is 117 cm³/mol. The van der Waals surface area contributed by atoms with E-state index in [1.165, 1.54) is 7.11 Å². The van der Waals surface area contributed by atoms with Crippen molar-refractivity contribution in [3.63, 3.8) is 0 Å². The van der Waals surface area contributed by atoms with E-state index >= 15 is 0 Å². The van der Waals surface area contributed by atoms with Crippen LogP contribution < -0.4 is 4.74 Å². The number of halogens is 1. The number of methoxy groups -OCH3 is 1. The van der Waals surface area contributed by atoms with Gasteiger partial charge < -0.3 is 14.0 Å². The van der Waals surface area contributed by atoms with Crippen LogP contribution in [0.1, 0.15) is 11.4 Å². The van der Waals surface area contributed by atoms with Gasteiger partial charge in [-0.2, -0.15) is 5.10 Å². The number of esters is 1. The molecule has 7 nitrogen and oxygen atoms in total. The van der Waals surface area contributed by atoms with Crippen molar-refractivity contribution in [2.24, 2.45) is 7.05 Å². The van der Waals surface area contributed by atoms with Crippen LogP contribution in [-0.4, -0.2) is 38.9 Å². The molecule has 0 radical (unpaired) electrons. The van der Waals surface area contributed by atoms with Crippen LogP contribution in [0.15, 0.2) is 54.6 Å². The van der Waals surface area contributed by atoms with Crippen molar-refractivity contribution in [2.75, 3.05) is 13.7 Å². The second kappa shape index (κ2) is 10.4. The Bertz CT molecular complexity index is 1050. The smallest absolute Gasteiger partial charge is 0.319 e. The van der Waals surface area contributed by atoms with Gasteiger partial charge in [0.1, 0.15) is 12.4 Å². The van der Waals surface area contributed by atoms with Gasteiger partial charge in [0.15, 0.2) is 10.6 Å². The Hall–Kier alpha value is -2.68. The van der Waals surface area contributed by atoms with Crippen LogP contribution in [-0.2, 0) is 36.4 Å². The lowest BCUT2D eigenvalue weighted by Gasteiger charge is -2.20. The average Bonchev–Trinajstić information content (AvgIpc) is 3.01. The van der Waals surface area contributed by atoms with Gasteiger partial charge in [0, 0.05) is 13.6 Å². The molecule has 2 aromatic carbocycles. The minimum atomic E-state index is -0.323. The maximum Gasteiger partial charge on any atom is 0.319 e. The molecule has 158 valence electrons. The van der Waals surface area contributed by atoms with Gasteiger partial charge in [0.05, 0.1) is 25.3 Å². The van der Waals surface area contributed by atoms with Gasteiger partial charge in [0.2, 0.25) is 0 Å². The number of carbonyl (C=O) groups is 1. The molecule has 9 heteroatoms. The summed E-state index contributed by atoms with van der Waals surface area (Å²) in [4.78, 5) is 13.8. The Morgan fingerprint density at radius 1 is 1.17 bits per heavy atom. The molecule has 3 aromatic rings. The van der Waals surface area contributed by atoms with Gasteiger partial charge in [-0.25, -0.2) is 4.68 Å². The zero-order valence-electron chi connectivity index (χ0n) is 16.8. The van der Waals surface area contributed by atoms with Crippen LogP contribution in [0.2, 0.25) is 5.02 Å². The summed E-state index contributed by atoms with van der Waals surface area (Å²) in [5, 5.41) is 5.11. The number of hydrogen-bond acceptors (Lipinski definition) is 6. The summed E-state index contributed by atoms with van der Waals surface area (Å²) in [5.41, 5.74) is 1.08. The molecular weight excluding hydrogens is 424 g/mol. The number of aromatic nitrogens is 3. The summed E-state index contributed by atoms with van der Waals surface area (Å²) in [6, 6.07) is 17.1. The average molecular weight is 447 g/mol. The van der Waals surface area contributed by atoms with Crippen LogP contribution >= 0.6 is 23.8 Å². The van der Waals surface area contributed by atoms with Crippen molar-refractivity contribution >= 4 is 29.8 Å². The van der Waals surface area contributed by atoms with Crippen molar-refractivity contribution in [2.45, 2.75) is 19.8 Å². The highest BCUT2D eigenvalue weighted by Crippen LogP contribution is 2.23. The maximum atomic E-state index is 11.9. The molecule has 0 aliphatic carbocycles. The zero-order valence-corrected chi connectivity index (χ0v) is 18.4. The summed E-state index contributed by atoms with van der Waals surface area (Å²) >= 11 is 11.7. The molecule has 0 unspecified atom stereocenters. The Morgan fingerprint density at radius 3 is 2.57 bits per heavy atom. The molecule has 0 saturated heterocycles. The molecule has 1 aromatic heterocycles. The topological polar surface area (TPSA) is 61.5 Å². The molecule has 1 heterocycles. The Kier molecular flexibility index (Phi) is 7.62. The predicted octanol–water partition coefficient (Wildman–Crippen LogP) is 3.82. The molecule has 0 atom stereocenters. The van der Waals surface area contributed by atoms with E-state index in [-0.39, 0.29) is 19.1 Å². The van der Waals surface area contributed by atoms with Crippen LogP contribution in [0, 0.1) is 4.77 Å². The zero-order chi connectivity index (χ0) is 21.5. The number of para-hydroxylation sites is 1. The van der Waals surface area contributed by atoms with E-state index < -0.39 is 0 Å². The van der Waals surface area contributed by atoms with E-state index in [9.17, 15) is 4.79 Å². The highest BCUT2D eigenvalue weighted by atomic mass is 35.5. The van der Waals surface area contributed by atoms with Crippen LogP contribution in [0.25, 0.3) is 0 Å². The lowest BCUT2D eigenvalue weighted by Crippen LogP contribution is -2.32. The largest absolute Gasteiger partial charge is 0.484 e. The lowest BCUT2D eigenvalue weighted by molar-refractivity contribution is -0.142. The fraction of sp³-hybridized carbons (Fsp3) is 0.286. The summed E-state index contributed by atoms with van der Waals surface area (Å²) < 4.78 is 14.6. The third-order valence-corrected chi connectivity index (χ3v) is 5.28. The van der Waals surface area contributed by atoms with Crippen molar-refractivity contribution in [3.8, 4) is 5.75 Å². The Balaban J connectivity index is 1.75.